The van der Waals surface area contributed by atoms with Crippen LogP contribution < -0.4 is 5.32 Å². The van der Waals surface area contributed by atoms with Crippen LogP contribution in [0.15, 0.2) is 0 Å². The molecule has 0 aromatic carbocycles. The molecule has 0 spiro atoms. The van der Waals surface area contributed by atoms with Crippen LogP contribution in [-0.2, 0) is 9.53 Å². The molecule has 1 rings (SSSR count). The van der Waals surface area contributed by atoms with E-state index in [2.05, 4.69) is 0 Å². The molecule has 0 bridgehead atoms. The second-order valence-electron chi connectivity index (χ2n) is 3.48. The fraction of sp³-hybridized carbons (Fsp3) is 0.875. The van der Waals surface area contributed by atoms with E-state index in [9.17, 15) is 23.1 Å². The zero-order valence-electron chi connectivity index (χ0n) is 8.20. The molecule has 0 aromatic rings. The van der Waals surface area contributed by atoms with Crippen LogP contribution in [0, 0.1) is 0 Å². The molecular weight excluding hydrogens is 231 g/mol. The third-order valence-electron chi connectivity index (χ3n) is 2.19. The summed E-state index contributed by atoms with van der Waals surface area (Å²) in [6, 6.07) is 0. The van der Waals surface area contributed by atoms with Gasteiger partial charge < -0.3 is 20.3 Å². The van der Waals surface area contributed by atoms with E-state index in [4.69, 9.17) is 9.84 Å². The minimum Gasteiger partial charge on any atom is -0.390 e. The van der Waals surface area contributed by atoms with Crippen LogP contribution in [0.2, 0.25) is 0 Å². The third kappa shape index (κ3) is 3.62. The van der Waals surface area contributed by atoms with Crippen LogP contribution in [-0.4, -0.2) is 47.3 Å². The molecule has 1 amide bonds. The van der Waals surface area contributed by atoms with Crippen LogP contribution in [0.5, 0.6) is 0 Å². The van der Waals surface area contributed by atoms with Gasteiger partial charge in [-0.1, -0.05) is 0 Å². The number of nitrogens with one attached hydrogen (secondary N) is 1. The maximum absolute atomic E-state index is 11.8. The molecule has 1 aliphatic rings. The molecule has 3 N–H and O–H groups in total. The molecule has 3 atom stereocenters. The van der Waals surface area contributed by atoms with E-state index in [0.717, 1.165) is 0 Å². The first-order valence-electron chi connectivity index (χ1n) is 4.67. The number of rotatable bonds is 2. The first-order valence-corrected chi connectivity index (χ1v) is 4.67. The maximum Gasteiger partial charge on any atom is 0.471 e. The fourth-order valence-electron chi connectivity index (χ4n) is 1.34. The van der Waals surface area contributed by atoms with Crippen LogP contribution in [0.4, 0.5) is 13.2 Å². The van der Waals surface area contributed by atoms with Crippen LogP contribution in [0.1, 0.15) is 12.8 Å². The van der Waals surface area contributed by atoms with Gasteiger partial charge in [-0.3, -0.25) is 4.79 Å². The van der Waals surface area contributed by atoms with Crippen molar-refractivity contribution in [1.82, 2.24) is 5.32 Å². The van der Waals surface area contributed by atoms with Gasteiger partial charge in [0, 0.05) is 13.0 Å². The number of hydrogen-bond donors (Lipinski definition) is 3. The molecule has 0 aromatic heterocycles. The van der Waals surface area contributed by atoms with E-state index in [-0.39, 0.29) is 12.8 Å². The number of hydrogen-bond acceptors (Lipinski definition) is 4. The van der Waals surface area contributed by atoms with Gasteiger partial charge in [-0.2, -0.15) is 13.2 Å². The summed E-state index contributed by atoms with van der Waals surface area (Å²) < 4.78 is 40.2. The summed E-state index contributed by atoms with van der Waals surface area (Å²) >= 11 is 0. The summed E-state index contributed by atoms with van der Waals surface area (Å²) in [6.07, 6.45) is -7.65. The van der Waals surface area contributed by atoms with Crippen molar-refractivity contribution in [3.8, 4) is 0 Å². The Morgan fingerprint density at radius 2 is 2.00 bits per heavy atom. The van der Waals surface area contributed by atoms with E-state index in [1.807, 2.05) is 0 Å². The monoisotopic (exact) mass is 243 g/mol. The van der Waals surface area contributed by atoms with Crippen LogP contribution in [0.3, 0.4) is 0 Å². The van der Waals surface area contributed by atoms with Crippen molar-refractivity contribution in [2.45, 2.75) is 37.5 Å². The minimum atomic E-state index is -4.96. The van der Waals surface area contributed by atoms with Crippen molar-refractivity contribution < 1.29 is 32.9 Å². The van der Waals surface area contributed by atoms with Gasteiger partial charge in [0.25, 0.3) is 0 Å². The molecule has 94 valence electrons. The highest BCUT2D eigenvalue weighted by Gasteiger charge is 2.39. The topological polar surface area (TPSA) is 78.8 Å². The van der Waals surface area contributed by atoms with Crippen molar-refractivity contribution in [2.75, 3.05) is 6.54 Å². The summed E-state index contributed by atoms with van der Waals surface area (Å²) in [5.41, 5.74) is 0. The van der Waals surface area contributed by atoms with E-state index in [1.165, 1.54) is 0 Å². The van der Waals surface area contributed by atoms with Gasteiger partial charge >= 0.3 is 12.1 Å². The van der Waals surface area contributed by atoms with Crippen molar-refractivity contribution in [3.63, 3.8) is 0 Å². The molecule has 16 heavy (non-hydrogen) atoms. The van der Waals surface area contributed by atoms with E-state index in [0.29, 0.717) is 0 Å². The average Bonchev–Trinajstić information content (AvgIpc) is 2.17. The number of ether oxygens (including phenoxy) is 1. The average molecular weight is 243 g/mol. The lowest BCUT2D eigenvalue weighted by molar-refractivity contribution is -0.200. The first kappa shape index (κ1) is 13.2. The summed E-state index contributed by atoms with van der Waals surface area (Å²) in [4.78, 5) is 10.5. The lowest BCUT2D eigenvalue weighted by atomic mass is 10.0. The molecule has 1 unspecified atom stereocenters. The Morgan fingerprint density at radius 3 is 2.56 bits per heavy atom. The smallest absolute Gasteiger partial charge is 0.390 e. The molecule has 1 saturated heterocycles. The number of alkyl halides is 3. The molecule has 0 radical (unpaired) electrons. The van der Waals surface area contributed by atoms with Crippen molar-refractivity contribution in [3.05, 3.63) is 0 Å². The van der Waals surface area contributed by atoms with Gasteiger partial charge in [0.15, 0.2) is 6.29 Å². The predicted octanol–water partition coefficient (Wildman–Crippen LogP) is -0.477. The van der Waals surface area contributed by atoms with Crippen molar-refractivity contribution >= 4 is 5.91 Å². The van der Waals surface area contributed by atoms with Crippen LogP contribution in [0.25, 0.3) is 0 Å². The second kappa shape index (κ2) is 4.98. The lowest BCUT2D eigenvalue weighted by Gasteiger charge is -2.31. The Morgan fingerprint density at radius 1 is 1.38 bits per heavy atom. The lowest BCUT2D eigenvalue weighted by Crippen LogP contribution is -2.48. The highest BCUT2D eigenvalue weighted by atomic mass is 19.4. The molecule has 0 aliphatic carbocycles. The Labute approximate surface area is 89.2 Å². The van der Waals surface area contributed by atoms with Gasteiger partial charge in [-0.05, 0) is 6.42 Å². The molecule has 0 saturated carbocycles. The second-order valence-corrected chi connectivity index (χ2v) is 3.48. The predicted molar refractivity (Wildman–Crippen MR) is 45.2 cm³/mol. The molecular formula is C8H12F3NO4. The number of carbonyl (C=O) groups is 1. The molecule has 1 aliphatic heterocycles. The van der Waals surface area contributed by atoms with Crippen molar-refractivity contribution in [2.24, 2.45) is 0 Å². The quantitative estimate of drug-likeness (QED) is 0.612. The normalized spacial score (nSPS) is 31.2. The molecule has 5 nitrogen and oxygen atoms in total. The summed E-state index contributed by atoms with van der Waals surface area (Å²) in [5, 5.41) is 20.0. The number of halogens is 3. The summed E-state index contributed by atoms with van der Waals surface area (Å²) in [7, 11) is 0. The third-order valence-corrected chi connectivity index (χ3v) is 2.19. The zero-order chi connectivity index (χ0) is 12.3. The van der Waals surface area contributed by atoms with E-state index >= 15 is 0 Å². The van der Waals surface area contributed by atoms with Crippen LogP contribution >= 0.6 is 0 Å². The van der Waals surface area contributed by atoms with E-state index in [1.54, 1.807) is 5.32 Å². The summed E-state index contributed by atoms with van der Waals surface area (Å²) in [5.74, 6) is -2.09. The maximum atomic E-state index is 11.8. The molecule has 1 fully saturated rings. The number of amides is 1. The Balaban J connectivity index is 2.39. The van der Waals surface area contributed by atoms with E-state index < -0.39 is 37.1 Å². The minimum absolute atomic E-state index is 0.213. The molecule has 1 heterocycles. The Hall–Kier alpha value is -0.860. The zero-order valence-corrected chi connectivity index (χ0v) is 8.20. The van der Waals surface area contributed by atoms with Gasteiger partial charge in [-0.25, -0.2) is 0 Å². The Bertz CT molecular complexity index is 258. The molecule has 8 heteroatoms. The van der Waals surface area contributed by atoms with Gasteiger partial charge in [0.1, 0.15) is 6.10 Å². The first-order chi connectivity index (χ1) is 7.30. The van der Waals surface area contributed by atoms with Gasteiger partial charge in [0.05, 0.1) is 6.10 Å². The van der Waals surface area contributed by atoms with Gasteiger partial charge in [0.2, 0.25) is 0 Å². The summed E-state index contributed by atoms with van der Waals surface area (Å²) in [6.45, 7) is -0.490. The number of aliphatic hydroxyl groups excluding tert-OH is 2. The fourth-order valence-corrected chi connectivity index (χ4v) is 1.34. The number of aliphatic hydroxyl groups is 2. The number of carbonyl (C=O) groups excluding carboxylic acids is 1. The standard InChI is InChI=1S/C8H12F3NO4/c9-8(10,11)7(15)12-3-5-4(13)1-2-6(14)16-5/h4-6,13-14H,1-3H2,(H,12,15)/t4-,5?,6-/m0/s1. The van der Waals surface area contributed by atoms with Crippen molar-refractivity contribution in [1.29, 1.82) is 0 Å². The largest absolute Gasteiger partial charge is 0.471 e. The highest BCUT2D eigenvalue weighted by molar-refractivity contribution is 5.81. The SMILES string of the molecule is O=C(NCC1O[C@H](O)CC[C@@H]1O)C(F)(F)F. The van der Waals surface area contributed by atoms with Gasteiger partial charge in [-0.15, -0.1) is 0 Å². The Kier molecular flexibility index (Phi) is 4.11. The highest BCUT2D eigenvalue weighted by Crippen LogP contribution is 2.18.